The number of alkyl halides is 3. The van der Waals surface area contributed by atoms with Gasteiger partial charge in [0.05, 0.1) is 17.3 Å². The maximum Gasteiger partial charge on any atom is 0.405 e. The number of nitrogens with one attached hydrogen (secondary N) is 1. The third kappa shape index (κ3) is 3.76. The molecule has 0 atom stereocenters. The van der Waals surface area contributed by atoms with Gasteiger partial charge in [0.15, 0.2) is 0 Å². The van der Waals surface area contributed by atoms with E-state index in [1.165, 1.54) is 24.5 Å². The minimum atomic E-state index is -4.55. The predicted molar refractivity (Wildman–Crippen MR) is 83.3 cm³/mol. The highest BCUT2D eigenvalue weighted by atomic mass is 19.4. The van der Waals surface area contributed by atoms with Gasteiger partial charge in [-0.05, 0) is 18.2 Å². The van der Waals surface area contributed by atoms with Crippen LogP contribution in [0.1, 0.15) is 10.4 Å². The monoisotopic (exact) mass is 367 g/mol. The number of fused-ring (bicyclic) bond motifs is 1. The molecule has 4 nitrogen and oxygen atoms in total. The van der Waals surface area contributed by atoms with Gasteiger partial charge in [-0.2, -0.15) is 13.2 Å². The van der Waals surface area contributed by atoms with Crippen LogP contribution in [0.25, 0.3) is 22.0 Å². The van der Waals surface area contributed by atoms with Crippen LogP contribution in [-0.2, 0) is 0 Å². The number of halogens is 5. The van der Waals surface area contributed by atoms with Crippen molar-refractivity contribution in [3.05, 3.63) is 60.1 Å². The van der Waals surface area contributed by atoms with Gasteiger partial charge >= 0.3 is 6.18 Å². The van der Waals surface area contributed by atoms with Gasteiger partial charge in [0.1, 0.15) is 18.2 Å². The smallest absolute Gasteiger partial charge is 0.343 e. The fraction of sp³-hybridized carbons (Fsp3) is 0.118. The van der Waals surface area contributed by atoms with Crippen molar-refractivity contribution < 1.29 is 26.7 Å². The van der Waals surface area contributed by atoms with E-state index in [-0.39, 0.29) is 16.7 Å². The Hall–Kier alpha value is -3.10. The fourth-order valence-corrected chi connectivity index (χ4v) is 2.38. The van der Waals surface area contributed by atoms with E-state index >= 15 is 0 Å². The van der Waals surface area contributed by atoms with Gasteiger partial charge in [-0.15, -0.1) is 0 Å². The molecule has 3 aromatic rings. The SMILES string of the molecule is O=C(NCC(F)(F)F)c1cnc2cncc(-c3ccc(F)cc3F)c2c1. The number of pyridine rings is 2. The third-order valence-electron chi connectivity index (χ3n) is 3.54. The molecule has 1 amide bonds. The summed E-state index contributed by atoms with van der Waals surface area (Å²) in [6.07, 6.45) is -0.790. The first-order chi connectivity index (χ1) is 12.2. The molecule has 1 aromatic carbocycles. The van der Waals surface area contributed by atoms with E-state index in [9.17, 15) is 26.7 Å². The minimum Gasteiger partial charge on any atom is -0.343 e. The lowest BCUT2D eigenvalue weighted by molar-refractivity contribution is -0.123. The summed E-state index contributed by atoms with van der Waals surface area (Å²) in [5.41, 5.74) is 0.437. The topological polar surface area (TPSA) is 54.9 Å². The zero-order valence-electron chi connectivity index (χ0n) is 12.9. The number of benzene rings is 1. The van der Waals surface area contributed by atoms with Crippen LogP contribution in [0.15, 0.2) is 42.9 Å². The summed E-state index contributed by atoms with van der Waals surface area (Å²) in [4.78, 5) is 19.8. The molecule has 0 aliphatic heterocycles. The van der Waals surface area contributed by atoms with Crippen molar-refractivity contribution in [3.63, 3.8) is 0 Å². The van der Waals surface area contributed by atoms with E-state index in [4.69, 9.17) is 0 Å². The summed E-state index contributed by atoms with van der Waals surface area (Å²) in [5, 5.41) is 2.03. The Bertz CT molecular complexity index is 988. The Morgan fingerprint density at radius 2 is 1.81 bits per heavy atom. The molecule has 134 valence electrons. The Kier molecular flexibility index (Phi) is 4.54. The lowest BCUT2D eigenvalue weighted by Crippen LogP contribution is -2.33. The maximum atomic E-state index is 14.1. The summed E-state index contributed by atoms with van der Waals surface area (Å²) in [5.74, 6) is -2.57. The number of carbonyl (C=O) groups excluding carboxylic acids is 1. The van der Waals surface area contributed by atoms with Crippen LogP contribution in [0, 0.1) is 11.6 Å². The molecular formula is C17H10F5N3O. The average Bonchev–Trinajstić information content (AvgIpc) is 2.58. The van der Waals surface area contributed by atoms with Gasteiger partial charge in [-0.25, -0.2) is 8.78 Å². The van der Waals surface area contributed by atoms with E-state index < -0.39 is 30.3 Å². The van der Waals surface area contributed by atoms with Crippen molar-refractivity contribution in [2.75, 3.05) is 6.54 Å². The maximum absolute atomic E-state index is 14.1. The van der Waals surface area contributed by atoms with Crippen LogP contribution in [-0.4, -0.2) is 28.6 Å². The molecule has 0 aliphatic rings. The predicted octanol–water partition coefficient (Wildman–Crippen LogP) is 3.87. The van der Waals surface area contributed by atoms with Gasteiger partial charge in [0, 0.05) is 35.0 Å². The molecule has 2 heterocycles. The quantitative estimate of drug-likeness (QED) is 0.715. The number of aromatic nitrogens is 2. The van der Waals surface area contributed by atoms with Crippen LogP contribution in [0.2, 0.25) is 0 Å². The van der Waals surface area contributed by atoms with Crippen LogP contribution in [0.4, 0.5) is 22.0 Å². The van der Waals surface area contributed by atoms with Gasteiger partial charge in [0.2, 0.25) is 0 Å². The first kappa shape index (κ1) is 17.7. The molecule has 26 heavy (non-hydrogen) atoms. The molecule has 9 heteroatoms. The number of hydrogen-bond acceptors (Lipinski definition) is 3. The molecule has 0 bridgehead atoms. The largest absolute Gasteiger partial charge is 0.405 e. The standard InChI is InChI=1S/C17H10F5N3O/c18-10-1-2-11(14(19)4-10)13-6-23-7-15-12(13)3-9(5-24-15)16(26)25-8-17(20,21)22/h1-7H,8H2,(H,25,26). The summed E-state index contributed by atoms with van der Waals surface area (Å²) in [6.45, 7) is -1.49. The van der Waals surface area contributed by atoms with Crippen LogP contribution < -0.4 is 5.32 Å². The van der Waals surface area contributed by atoms with Gasteiger partial charge in [-0.1, -0.05) is 0 Å². The fourth-order valence-electron chi connectivity index (χ4n) is 2.38. The summed E-state index contributed by atoms with van der Waals surface area (Å²) >= 11 is 0. The van der Waals surface area contributed by atoms with Crippen LogP contribution >= 0.6 is 0 Å². The molecule has 0 radical (unpaired) electrons. The first-order valence-electron chi connectivity index (χ1n) is 7.29. The van der Waals surface area contributed by atoms with Gasteiger partial charge < -0.3 is 5.32 Å². The zero-order valence-corrected chi connectivity index (χ0v) is 12.9. The van der Waals surface area contributed by atoms with E-state index in [1.807, 2.05) is 0 Å². The lowest BCUT2D eigenvalue weighted by atomic mass is 10.0. The molecule has 0 fully saturated rings. The van der Waals surface area contributed by atoms with E-state index in [1.54, 1.807) is 5.32 Å². The number of amides is 1. The Balaban J connectivity index is 2.04. The zero-order chi connectivity index (χ0) is 18.9. The number of nitrogens with zero attached hydrogens (tertiary/aromatic N) is 2. The molecule has 0 saturated carbocycles. The van der Waals surface area contributed by atoms with Crippen molar-refractivity contribution in [3.8, 4) is 11.1 Å². The highest BCUT2D eigenvalue weighted by Crippen LogP contribution is 2.29. The number of carbonyl (C=O) groups is 1. The molecule has 0 saturated heterocycles. The van der Waals surface area contributed by atoms with Gasteiger partial charge in [0.25, 0.3) is 5.91 Å². The molecule has 2 aromatic heterocycles. The van der Waals surface area contributed by atoms with Gasteiger partial charge in [-0.3, -0.25) is 14.8 Å². The average molecular weight is 367 g/mol. The Morgan fingerprint density at radius 3 is 2.50 bits per heavy atom. The highest BCUT2D eigenvalue weighted by molar-refractivity contribution is 6.01. The van der Waals surface area contributed by atoms with E-state index in [2.05, 4.69) is 9.97 Å². The second kappa shape index (κ2) is 6.66. The first-order valence-corrected chi connectivity index (χ1v) is 7.29. The minimum absolute atomic E-state index is 0.0270. The molecule has 0 aliphatic carbocycles. The highest BCUT2D eigenvalue weighted by Gasteiger charge is 2.28. The molecule has 0 unspecified atom stereocenters. The van der Waals surface area contributed by atoms with Crippen LogP contribution in [0.5, 0.6) is 0 Å². The summed E-state index contributed by atoms with van der Waals surface area (Å²) < 4.78 is 63.9. The van der Waals surface area contributed by atoms with Crippen molar-refractivity contribution in [1.82, 2.24) is 15.3 Å². The summed E-state index contributed by atoms with van der Waals surface area (Å²) in [7, 11) is 0. The molecule has 0 spiro atoms. The summed E-state index contributed by atoms with van der Waals surface area (Å²) in [6, 6.07) is 4.25. The second-order valence-electron chi connectivity index (χ2n) is 5.40. The second-order valence-corrected chi connectivity index (χ2v) is 5.40. The molecule has 3 rings (SSSR count). The number of rotatable bonds is 3. The van der Waals surface area contributed by atoms with E-state index in [0.29, 0.717) is 17.0 Å². The van der Waals surface area contributed by atoms with Crippen molar-refractivity contribution in [2.45, 2.75) is 6.18 Å². The molecular weight excluding hydrogens is 357 g/mol. The van der Waals surface area contributed by atoms with E-state index in [0.717, 1.165) is 12.3 Å². The van der Waals surface area contributed by atoms with Crippen molar-refractivity contribution in [1.29, 1.82) is 0 Å². The van der Waals surface area contributed by atoms with Crippen molar-refractivity contribution in [2.24, 2.45) is 0 Å². The molecule has 1 N–H and O–H groups in total. The van der Waals surface area contributed by atoms with Crippen LogP contribution in [0.3, 0.4) is 0 Å². The third-order valence-corrected chi connectivity index (χ3v) is 3.54. The lowest BCUT2D eigenvalue weighted by Gasteiger charge is -2.10. The van der Waals surface area contributed by atoms with Crippen molar-refractivity contribution >= 4 is 16.8 Å². The normalized spacial score (nSPS) is 11.6. The number of hydrogen-bond donors (Lipinski definition) is 1. The Labute approximate surface area is 143 Å². The Morgan fingerprint density at radius 1 is 1.04 bits per heavy atom.